The zero-order valence-electron chi connectivity index (χ0n) is 12.2. The van der Waals surface area contributed by atoms with Gasteiger partial charge in [0.2, 0.25) is 0 Å². The number of phenolic OH excluding ortho intramolecular Hbond substituents is 1. The van der Waals surface area contributed by atoms with Gasteiger partial charge in [0.25, 0.3) is 0 Å². The first-order valence-corrected chi connectivity index (χ1v) is 7.44. The summed E-state index contributed by atoms with van der Waals surface area (Å²) in [5, 5.41) is 10.2. The summed E-state index contributed by atoms with van der Waals surface area (Å²) >= 11 is 5.98. The molecule has 0 heterocycles. The minimum Gasteiger partial charge on any atom is -0.508 e. The lowest BCUT2D eigenvalue weighted by molar-refractivity contribution is 0.277. The minimum atomic E-state index is 0.120. The molecule has 0 amide bonds. The Morgan fingerprint density at radius 3 is 2.10 bits per heavy atom. The Bertz CT molecular complexity index is 509. The van der Waals surface area contributed by atoms with Crippen molar-refractivity contribution in [1.82, 2.24) is 4.90 Å². The van der Waals surface area contributed by atoms with Gasteiger partial charge in [0.1, 0.15) is 5.75 Å². The normalized spacial score (nSPS) is 12.6. The van der Waals surface area contributed by atoms with Gasteiger partial charge >= 0.3 is 0 Å². The maximum absolute atomic E-state index is 9.48. The molecule has 0 saturated heterocycles. The summed E-state index contributed by atoms with van der Waals surface area (Å²) in [6.07, 6.45) is 0.943. The van der Waals surface area contributed by atoms with E-state index < -0.39 is 0 Å². The van der Waals surface area contributed by atoms with E-state index in [9.17, 15) is 5.11 Å². The molecule has 0 aliphatic carbocycles. The second kappa shape index (κ2) is 7.46. The minimum absolute atomic E-state index is 0.120. The zero-order valence-corrected chi connectivity index (χ0v) is 12.9. The van der Waals surface area contributed by atoms with E-state index in [4.69, 9.17) is 17.3 Å². The summed E-state index contributed by atoms with van der Waals surface area (Å²) < 4.78 is 0. The summed E-state index contributed by atoms with van der Waals surface area (Å²) in [7, 11) is 2.09. The molecule has 0 spiro atoms. The molecule has 0 bridgehead atoms. The molecular weight excluding hydrogens is 284 g/mol. The van der Waals surface area contributed by atoms with E-state index in [-0.39, 0.29) is 11.8 Å². The number of aromatic hydroxyl groups is 1. The molecule has 0 fully saturated rings. The Kier molecular flexibility index (Phi) is 5.62. The molecule has 0 aromatic heterocycles. The zero-order chi connectivity index (χ0) is 15.2. The van der Waals surface area contributed by atoms with E-state index in [2.05, 4.69) is 11.9 Å². The van der Waals surface area contributed by atoms with E-state index in [0.29, 0.717) is 6.54 Å². The molecule has 2 rings (SSSR count). The fraction of sp³-hybridized carbons (Fsp3) is 0.294. The Balaban J connectivity index is 2.33. The third kappa shape index (κ3) is 4.21. The highest BCUT2D eigenvalue weighted by atomic mass is 35.5. The molecule has 112 valence electrons. The standard InChI is InChI=1S/C17H21ClN2O/c1-20(12-2-11-19)17(13-3-7-15(18)8-4-13)14-5-9-16(21)10-6-14/h3-10,17,21H,2,11-12,19H2,1H3. The summed E-state index contributed by atoms with van der Waals surface area (Å²) in [6, 6.07) is 15.3. The van der Waals surface area contributed by atoms with Crippen LogP contribution in [0.1, 0.15) is 23.6 Å². The monoisotopic (exact) mass is 304 g/mol. The Hall–Kier alpha value is -1.55. The van der Waals surface area contributed by atoms with Crippen LogP contribution in [-0.2, 0) is 0 Å². The van der Waals surface area contributed by atoms with Gasteiger partial charge in [-0.15, -0.1) is 0 Å². The topological polar surface area (TPSA) is 49.5 Å². The average Bonchev–Trinajstić information content (AvgIpc) is 2.49. The third-order valence-electron chi connectivity index (χ3n) is 3.55. The first kappa shape index (κ1) is 15.8. The molecular formula is C17H21ClN2O. The maximum atomic E-state index is 9.48. The SMILES string of the molecule is CN(CCCN)C(c1ccc(O)cc1)c1ccc(Cl)cc1. The summed E-state index contributed by atoms with van der Waals surface area (Å²) in [5.74, 6) is 0.276. The number of benzene rings is 2. The van der Waals surface area contributed by atoms with E-state index in [1.165, 1.54) is 5.56 Å². The lowest BCUT2D eigenvalue weighted by atomic mass is 9.97. The lowest BCUT2D eigenvalue weighted by Gasteiger charge is -2.29. The van der Waals surface area contributed by atoms with Gasteiger partial charge in [-0.2, -0.15) is 0 Å². The van der Waals surface area contributed by atoms with Crippen LogP contribution in [0.4, 0.5) is 0 Å². The van der Waals surface area contributed by atoms with Gasteiger partial charge in [-0.25, -0.2) is 0 Å². The predicted octanol–water partition coefficient (Wildman–Crippen LogP) is 3.42. The van der Waals surface area contributed by atoms with Crippen molar-refractivity contribution in [1.29, 1.82) is 0 Å². The molecule has 0 aliphatic rings. The Labute approximate surface area is 131 Å². The van der Waals surface area contributed by atoms with Crippen LogP contribution in [0.25, 0.3) is 0 Å². The van der Waals surface area contributed by atoms with Gasteiger partial charge in [-0.3, -0.25) is 4.90 Å². The fourth-order valence-electron chi connectivity index (χ4n) is 2.47. The second-order valence-electron chi connectivity index (χ2n) is 5.17. The van der Waals surface area contributed by atoms with Gasteiger partial charge in [-0.1, -0.05) is 35.9 Å². The van der Waals surface area contributed by atoms with Crippen molar-refractivity contribution in [3.8, 4) is 5.75 Å². The number of nitrogens with zero attached hydrogens (tertiary/aromatic N) is 1. The first-order chi connectivity index (χ1) is 10.1. The second-order valence-corrected chi connectivity index (χ2v) is 5.60. The van der Waals surface area contributed by atoms with Crippen LogP contribution in [0.5, 0.6) is 5.75 Å². The highest BCUT2D eigenvalue weighted by molar-refractivity contribution is 6.30. The first-order valence-electron chi connectivity index (χ1n) is 7.06. The van der Waals surface area contributed by atoms with Crippen LogP contribution < -0.4 is 5.73 Å². The summed E-state index contributed by atoms with van der Waals surface area (Å²) in [5.41, 5.74) is 7.92. The molecule has 0 radical (unpaired) electrons. The molecule has 0 saturated carbocycles. The fourth-order valence-corrected chi connectivity index (χ4v) is 2.60. The summed E-state index contributed by atoms with van der Waals surface area (Å²) in [6.45, 7) is 1.58. The van der Waals surface area contributed by atoms with Crippen LogP contribution in [0.15, 0.2) is 48.5 Å². The quantitative estimate of drug-likeness (QED) is 0.860. The molecule has 21 heavy (non-hydrogen) atoms. The van der Waals surface area contributed by atoms with E-state index >= 15 is 0 Å². The number of rotatable bonds is 6. The van der Waals surface area contributed by atoms with E-state index in [1.54, 1.807) is 12.1 Å². The molecule has 2 aromatic carbocycles. The van der Waals surface area contributed by atoms with Crippen LogP contribution in [0.2, 0.25) is 5.02 Å². The molecule has 2 aromatic rings. The smallest absolute Gasteiger partial charge is 0.115 e. The van der Waals surface area contributed by atoms with Crippen molar-refractivity contribution in [3.05, 3.63) is 64.7 Å². The van der Waals surface area contributed by atoms with Gasteiger partial charge in [0.15, 0.2) is 0 Å². The molecule has 3 N–H and O–H groups in total. The third-order valence-corrected chi connectivity index (χ3v) is 3.80. The van der Waals surface area contributed by atoms with Crippen LogP contribution >= 0.6 is 11.6 Å². The van der Waals surface area contributed by atoms with E-state index in [1.807, 2.05) is 36.4 Å². The van der Waals surface area contributed by atoms with Crippen LogP contribution in [0.3, 0.4) is 0 Å². The molecule has 4 heteroatoms. The Morgan fingerprint density at radius 1 is 1.05 bits per heavy atom. The molecule has 1 atom stereocenters. The van der Waals surface area contributed by atoms with Crippen molar-refractivity contribution >= 4 is 11.6 Å². The maximum Gasteiger partial charge on any atom is 0.115 e. The van der Waals surface area contributed by atoms with Crippen molar-refractivity contribution in [2.45, 2.75) is 12.5 Å². The largest absolute Gasteiger partial charge is 0.508 e. The molecule has 0 aliphatic heterocycles. The van der Waals surface area contributed by atoms with Crippen molar-refractivity contribution in [2.75, 3.05) is 20.1 Å². The highest BCUT2D eigenvalue weighted by Crippen LogP contribution is 2.29. The molecule has 3 nitrogen and oxygen atoms in total. The predicted molar refractivity (Wildman–Crippen MR) is 87.7 cm³/mol. The van der Waals surface area contributed by atoms with Crippen molar-refractivity contribution in [2.24, 2.45) is 5.73 Å². The van der Waals surface area contributed by atoms with Gasteiger partial charge in [-0.05, 0) is 62.0 Å². The Morgan fingerprint density at radius 2 is 1.57 bits per heavy atom. The van der Waals surface area contributed by atoms with Crippen molar-refractivity contribution < 1.29 is 5.11 Å². The molecule has 1 unspecified atom stereocenters. The van der Waals surface area contributed by atoms with Gasteiger partial charge in [0, 0.05) is 5.02 Å². The van der Waals surface area contributed by atoms with E-state index in [0.717, 1.165) is 23.6 Å². The van der Waals surface area contributed by atoms with Crippen molar-refractivity contribution in [3.63, 3.8) is 0 Å². The number of hydrogen-bond donors (Lipinski definition) is 2. The highest BCUT2D eigenvalue weighted by Gasteiger charge is 2.18. The van der Waals surface area contributed by atoms with Gasteiger partial charge in [0.05, 0.1) is 6.04 Å². The van der Waals surface area contributed by atoms with Gasteiger partial charge < -0.3 is 10.8 Å². The van der Waals surface area contributed by atoms with Crippen LogP contribution in [-0.4, -0.2) is 30.1 Å². The number of phenols is 1. The summed E-state index contributed by atoms with van der Waals surface area (Å²) in [4.78, 5) is 2.27. The lowest BCUT2D eigenvalue weighted by Crippen LogP contribution is -2.27. The number of halogens is 1. The number of hydrogen-bond acceptors (Lipinski definition) is 3. The van der Waals surface area contributed by atoms with Crippen LogP contribution in [0, 0.1) is 0 Å². The number of nitrogens with two attached hydrogens (primary N) is 1. The average molecular weight is 305 g/mol.